The van der Waals surface area contributed by atoms with Crippen molar-refractivity contribution in [3.05, 3.63) is 58.8 Å². The first-order valence-corrected chi connectivity index (χ1v) is 9.65. The minimum Gasteiger partial charge on any atom is -0.467 e. The van der Waals surface area contributed by atoms with Crippen LogP contribution in [0.25, 0.3) is 10.9 Å². The fourth-order valence-electron chi connectivity index (χ4n) is 2.57. The highest BCUT2D eigenvalue weighted by Gasteiger charge is 2.21. The summed E-state index contributed by atoms with van der Waals surface area (Å²) in [4.78, 5) is 41.4. The Morgan fingerprint density at radius 3 is 2.75 bits per heavy atom. The molecular formula is C19H20N4O4S. The average Bonchev–Trinajstić information content (AvgIpc) is 3.18. The predicted octanol–water partition coefficient (Wildman–Crippen LogP) is 2.36. The number of hydrogen-bond acceptors (Lipinski definition) is 6. The summed E-state index contributed by atoms with van der Waals surface area (Å²) in [6, 6.07) is 9.98. The standard InChI is InChI=1S/C19H20N4O4S/c1-3-20-18(26)22-16(24)12(2)28-19-21-15-9-5-4-8-14(15)17(25)23(19)11-13-7-6-10-27-13/h4-10,12H,3,11H2,1-2H3,(H2,20,22,24,26)/t12-/m0/s1. The molecule has 9 heteroatoms. The molecule has 2 heterocycles. The lowest BCUT2D eigenvalue weighted by Crippen LogP contribution is -2.42. The van der Waals surface area contributed by atoms with Crippen LogP contribution in [0.5, 0.6) is 0 Å². The smallest absolute Gasteiger partial charge is 0.321 e. The fraction of sp³-hybridized carbons (Fsp3) is 0.263. The molecule has 1 atom stereocenters. The van der Waals surface area contributed by atoms with E-state index >= 15 is 0 Å². The van der Waals surface area contributed by atoms with E-state index in [0.717, 1.165) is 11.8 Å². The van der Waals surface area contributed by atoms with Crippen LogP contribution in [0.4, 0.5) is 4.79 Å². The molecule has 3 amide bonds. The van der Waals surface area contributed by atoms with Crippen LogP contribution < -0.4 is 16.2 Å². The SMILES string of the molecule is CCNC(=O)NC(=O)[C@H](C)Sc1nc2ccccc2c(=O)n1Cc1ccco1. The number of para-hydroxylation sites is 1. The number of imide groups is 1. The Hall–Kier alpha value is -3.07. The Bertz CT molecular complexity index is 1050. The number of carbonyl (C=O) groups excluding carboxylic acids is 2. The fourth-order valence-corrected chi connectivity index (χ4v) is 3.47. The van der Waals surface area contributed by atoms with Gasteiger partial charge in [-0.3, -0.25) is 19.5 Å². The van der Waals surface area contributed by atoms with Gasteiger partial charge in [0.1, 0.15) is 5.76 Å². The van der Waals surface area contributed by atoms with E-state index in [0.29, 0.717) is 28.4 Å². The van der Waals surface area contributed by atoms with Gasteiger partial charge in [0.2, 0.25) is 5.91 Å². The summed E-state index contributed by atoms with van der Waals surface area (Å²) in [6.07, 6.45) is 1.53. The summed E-state index contributed by atoms with van der Waals surface area (Å²) >= 11 is 1.11. The number of benzene rings is 1. The Labute approximate surface area is 165 Å². The number of nitrogens with one attached hydrogen (secondary N) is 2. The van der Waals surface area contributed by atoms with Crippen molar-refractivity contribution in [3.63, 3.8) is 0 Å². The zero-order valence-electron chi connectivity index (χ0n) is 15.5. The van der Waals surface area contributed by atoms with E-state index in [1.165, 1.54) is 10.8 Å². The molecule has 0 bridgehead atoms. The highest BCUT2D eigenvalue weighted by atomic mass is 32.2. The Balaban J connectivity index is 1.93. The minimum absolute atomic E-state index is 0.191. The van der Waals surface area contributed by atoms with Crippen molar-refractivity contribution in [1.29, 1.82) is 0 Å². The Morgan fingerprint density at radius 1 is 1.25 bits per heavy atom. The number of thioether (sulfide) groups is 1. The van der Waals surface area contributed by atoms with E-state index < -0.39 is 17.2 Å². The van der Waals surface area contributed by atoms with Crippen LogP contribution in [0, 0.1) is 0 Å². The average molecular weight is 400 g/mol. The summed E-state index contributed by atoms with van der Waals surface area (Å²) in [5, 5.41) is 5.00. The van der Waals surface area contributed by atoms with E-state index in [1.807, 2.05) is 0 Å². The quantitative estimate of drug-likeness (QED) is 0.486. The van der Waals surface area contributed by atoms with E-state index in [-0.39, 0.29) is 12.1 Å². The van der Waals surface area contributed by atoms with Crippen molar-refractivity contribution < 1.29 is 14.0 Å². The molecule has 0 aliphatic carbocycles. The predicted molar refractivity (Wildman–Crippen MR) is 106 cm³/mol. The summed E-state index contributed by atoms with van der Waals surface area (Å²) in [7, 11) is 0. The third-order valence-electron chi connectivity index (χ3n) is 3.95. The summed E-state index contributed by atoms with van der Waals surface area (Å²) in [6.45, 7) is 4.01. The van der Waals surface area contributed by atoms with Crippen molar-refractivity contribution in [1.82, 2.24) is 20.2 Å². The van der Waals surface area contributed by atoms with E-state index in [9.17, 15) is 14.4 Å². The second-order valence-corrected chi connectivity index (χ2v) is 7.30. The molecule has 0 unspecified atom stereocenters. The first kappa shape index (κ1) is 19.7. The Morgan fingerprint density at radius 2 is 2.04 bits per heavy atom. The molecule has 0 saturated heterocycles. The van der Waals surface area contributed by atoms with Gasteiger partial charge < -0.3 is 9.73 Å². The molecular weight excluding hydrogens is 380 g/mol. The van der Waals surface area contributed by atoms with Gasteiger partial charge >= 0.3 is 6.03 Å². The first-order chi connectivity index (χ1) is 13.5. The molecule has 0 aliphatic heterocycles. The monoisotopic (exact) mass is 400 g/mol. The van der Waals surface area contributed by atoms with E-state index in [2.05, 4.69) is 15.6 Å². The van der Waals surface area contributed by atoms with E-state index in [1.54, 1.807) is 50.2 Å². The minimum atomic E-state index is -0.640. The molecule has 3 rings (SSSR count). The lowest BCUT2D eigenvalue weighted by molar-refractivity contribution is -0.119. The number of carbonyl (C=O) groups is 2. The largest absolute Gasteiger partial charge is 0.467 e. The van der Waals surface area contributed by atoms with Gasteiger partial charge in [0.15, 0.2) is 5.16 Å². The molecule has 0 spiro atoms. The van der Waals surface area contributed by atoms with Crippen LogP contribution in [-0.4, -0.2) is 33.3 Å². The molecule has 0 fully saturated rings. The van der Waals surface area contributed by atoms with Gasteiger partial charge in [-0.2, -0.15) is 0 Å². The van der Waals surface area contributed by atoms with Crippen LogP contribution in [0.2, 0.25) is 0 Å². The highest BCUT2D eigenvalue weighted by Crippen LogP contribution is 2.23. The third kappa shape index (κ3) is 4.42. The van der Waals surface area contributed by atoms with E-state index in [4.69, 9.17) is 4.42 Å². The zero-order chi connectivity index (χ0) is 20.1. The van der Waals surface area contributed by atoms with Gasteiger partial charge in [0.05, 0.1) is 29.0 Å². The van der Waals surface area contributed by atoms with Crippen molar-refractivity contribution >= 4 is 34.6 Å². The maximum absolute atomic E-state index is 13.0. The van der Waals surface area contributed by atoms with Crippen LogP contribution in [-0.2, 0) is 11.3 Å². The molecule has 2 N–H and O–H groups in total. The second kappa shape index (κ2) is 8.75. The zero-order valence-corrected chi connectivity index (χ0v) is 16.3. The van der Waals surface area contributed by atoms with Crippen LogP contribution in [0.15, 0.2) is 57.0 Å². The van der Waals surface area contributed by atoms with Crippen molar-refractivity contribution in [3.8, 4) is 0 Å². The number of rotatable bonds is 6. The van der Waals surface area contributed by atoms with Crippen molar-refractivity contribution in [2.45, 2.75) is 30.8 Å². The van der Waals surface area contributed by atoms with Crippen molar-refractivity contribution in [2.75, 3.05) is 6.54 Å². The third-order valence-corrected chi connectivity index (χ3v) is 5.04. The molecule has 8 nitrogen and oxygen atoms in total. The molecule has 146 valence electrons. The lowest BCUT2D eigenvalue weighted by Gasteiger charge is -2.15. The maximum atomic E-state index is 13.0. The number of hydrogen-bond donors (Lipinski definition) is 2. The first-order valence-electron chi connectivity index (χ1n) is 8.77. The number of aromatic nitrogens is 2. The van der Waals surface area contributed by atoms with Gasteiger partial charge in [-0.15, -0.1) is 0 Å². The molecule has 0 radical (unpaired) electrons. The number of urea groups is 1. The van der Waals surface area contributed by atoms with Gasteiger partial charge in [-0.05, 0) is 38.1 Å². The Kier molecular flexibility index (Phi) is 6.15. The summed E-state index contributed by atoms with van der Waals surface area (Å²) in [5.74, 6) is 0.128. The maximum Gasteiger partial charge on any atom is 0.321 e. The van der Waals surface area contributed by atoms with Crippen LogP contribution in [0.3, 0.4) is 0 Å². The van der Waals surface area contributed by atoms with Gasteiger partial charge in [0.25, 0.3) is 5.56 Å². The van der Waals surface area contributed by atoms with Crippen LogP contribution in [0.1, 0.15) is 19.6 Å². The molecule has 3 aromatic rings. The van der Waals surface area contributed by atoms with Gasteiger partial charge in [-0.25, -0.2) is 9.78 Å². The molecule has 1 aromatic carbocycles. The molecule has 2 aromatic heterocycles. The lowest BCUT2D eigenvalue weighted by atomic mass is 10.2. The molecule has 28 heavy (non-hydrogen) atoms. The topological polar surface area (TPSA) is 106 Å². The second-order valence-electron chi connectivity index (χ2n) is 5.99. The highest BCUT2D eigenvalue weighted by molar-refractivity contribution is 8.00. The van der Waals surface area contributed by atoms with Crippen LogP contribution >= 0.6 is 11.8 Å². The van der Waals surface area contributed by atoms with Gasteiger partial charge in [-0.1, -0.05) is 23.9 Å². The number of furan rings is 1. The summed E-state index contributed by atoms with van der Waals surface area (Å²) in [5.41, 5.74) is 0.322. The van der Waals surface area contributed by atoms with Crippen molar-refractivity contribution in [2.24, 2.45) is 0 Å². The number of nitrogens with zero attached hydrogens (tertiary/aromatic N) is 2. The van der Waals surface area contributed by atoms with Gasteiger partial charge in [0, 0.05) is 6.54 Å². The molecule has 0 saturated carbocycles. The number of fused-ring (bicyclic) bond motifs is 1. The normalized spacial score (nSPS) is 11.9. The number of amides is 3. The molecule has 0 aliphatic rings. The summed E-state index contributed by atoms with van der Waals surface area (Å²) < 4.78 is 6.84.